The maximum atomic E-state index is 12.6. The first-order valence-corrected chi connectivity index (χ1v) is 11.0. The van der Waals surface area contributed by atoms with Crippen molar-refractivity contribution in [3.63, 3.8) is 0 Å². The highest BCUT2D eigenvalue weighted by Gasteiger charge is 2.31. The number of benzene rings is 2. The molecule has 0 aliphatic carbocycles. The molecule has 1 saturated heterocycles. The standard InChI is InChI=1S/C21H27N3O4S/c1-21(2,3)28-20(25)24-13-12-19(15-24)23-29(26,27)22-18-11-7-10-17(14-18)16-8-5-4-6-9-16/h4-11,14,19,22-23H,12-13,15H2,1-3H3. The number of hydrogen-bond donors (Lipinski definition) is 2. The molecule has 1 aliphatic rings. The van der Waals surface area contributed by atoms with Gasteiger partial charge in [-0.3, -0.25) is 4.72 Å². The lowest BCUT2D eigenvalue weighted by atomic mass is 10.1. The van der Waals surface area contributed by atoms with Gasteiger partial charge in [-0.2, -0.15) is 13.1 Å². The summed E-state index contributed by atoms with van der Waals surface area (Å²) in [6.07, 6.45) is 0.104. The minimum atomic E-state index is -3.78. The van der Waals surface area contributed by atoms with Crippen molar-refractivity contribution in [2.24, 2.45) is 0 Å². The Morgan fingerprint density at radius 2 is 1.76 bits per heavy atom. The molecule has 0 aromatic heterocycles. The molecule has 1 fully saturated rings. The zero-order valence-corrected chi connectivity index (χ0v) is 17.7. The van der Waals surface area contributed by atoms with Crippen molar-refractivity contribution in [3.8, 4) is 11.1 Å². The monoisotopic (exact) mass is 417 g/mol. The van der Waals surface area contributed by atoms with E-state index in [1.165, 1.54) is 4.90 Å². The van der Waals surface area contributed by atoms with Crippen LogP contribution in [0.2, 0.25) is 0 Å². The smallest absolute Gasteiger partial charge is 0.410 e. The molecule has 1 aliphatic heterocycles. The van der Waals surface area contributed by atoms with E-state index in [1.807, 2.05) is 36.4 Å². The molecule has 0 saturated carbocycles. The van der Waals surface area contributed by atoms with Crippen LogP contribution in [-0.2, 0) is 14.9 Å². The summed E-state index contributed by atoms with van der Waals surface area (Å²) in [6.45, 7) is 6.13. The molecule has 2 aromatic rings. The number of nitrogens with one attached hydrogen (secondary N) is 2. The fourth-order valence-electron chi connectivity index (χ4n) is 3.15. The topological polar surface area (TPSA) is 87.7 Å². The van der Waals surface area contributed by atoms with Crippen molar-refractivity contribution in [1.29, 1.82) is 0 Å². The van der Waals surface area contributed by atoms with E-state index in [9.17, 15) is 13.2 Å². The number of hydrogen-bond acceptors (Lipinski definition) is 4. The van der Waals surface area contributed by atoms with Gasteiger partial charge in [-0.25, -0.2) is 4.79 Å². The van der Waals surface area contributed by atoms with E-state index in [4.69, 9.17) is 4.74 Å². The van der Waals surface area contributed by atoms with Gasteiger partial charge in [-0.05, 0) is 50.5 Å². The van der Waals surface area contributed by atoms with Gasteiger partial charge in [0.2, 0.25) is 0 Å². The molecule has 1 unspecified atom stereocenters. The molecule has 8 heteroatoms. The van der Waals surface area contributed by atoms with Crippen molar-refractivity contribution in [2.45, 2.75) is 38.8 Å². The molecule has 2 aromatic carbocycles. The number of ether oxygens (including phenoxy) is 1. The van der Waals surface area contributed by atoms with Crippen LogP contribution < -0.4 is 9.44 Å². The van der Waals surface area contributed by atoms with Crippen LogP contribution in [0, 0.1) is 0 Å². The molecular formula is C21H27N3O4S. The normalized spacial score (nSPS) is 17.2. The van der Waals surface area contributed by atoms with Gasteiger partial charge in [0.05, 0.1) is 5.69 Å². The number of amides is 1. The van der Waals surface area contributed by atoms with Gasteiger partial charge in [0.25, 0.3) is 10.2 Å². The number of carbonyl (C=O) groups excluding carboxylic acids is 1. The van der Waals surface area contributed by atoms with Gasteiger partial charge in [-0.15, -0.1) is 0 Å². The first-order valence-electron chi connectivity index (χ1n) is 9.55. The van der Waals surface area contributed by atoms with Gasteiger partial charge in [0, 0.05) is 19.1 Å². The Bertz CT molecular complexity index is 955. The lowest BCUT2D eigenvalue weighted by molar-refractivity contribution is 0.0292. The Kier molecular flexibility index (Phi) is 6.14. The number of anilines is 1. The predicted molar refractivity (Wildman–Crippen MR) is 114 cm³/mol. The average Bonchev–Trinajstić information content (AvgIpc) is 3.09. The number of carbonyl (C=O) groups is 1. The summed E-state index contributed by atoms with van der Waals surface area (Å²) < 4.78 is 35.6. The summed E-state index contributed by atoms with van der Waals surface area (Å²) in [5.74, 6) is 0. The summed E-state index contributed by atoms with van der Waals surface area (Å²) in [4.78, 5) is 13.7. The second-order valence-electron chi connectivity index (χ2n) is 8.08. The second-order valence-corrected chi connectivity index (χ2v) is 9.53. The maximum Gasteiger partial charge on any atom is 0.410 e. The molecule has 2 N–H and O–H groups in total. The number of likely N-dealkylation sites (tertiary alicyclic amines) is 1. The van der Waals surface area contributed by atoms with Crippen LogP contribution in [0.4, 0.5) is 10.5 Å². The van der Waals surface area contributed by atoms with Crippen molar-refractivity contribution < 1.29 is 17.9 Å². The first-order chi connectivity index (χ1) is 13.6. The molecule has 7 nitrogen and oxygen atoms in total. The van der Waals surface area contributed by atoms with Crippen LogP contribution in [0.15, 0.2) is 54.6 Å². The zero-order valence-electron chi connectivity index (χ0n) is 16.9. The Balaban J connectivity index is 1.61. The number of nitrogens with zero attached hydrogens (tertiary/aromatic N) is 1. The van der Waals surface area contributed by atoms with E-state index < -0.39 is 21.9 Å². The number of rotatable bonds is 5. The van der Waals surface area contributed by atoms with Crippen molar-refractivity contribution in [2.75, 3.05) is 17.8 Å². The molecule has 1 amide bonds. The zero-order chi connectivity index (χ0) is 21.1. The largest absolute Gasteiger partial charge is 0.444 e. The Morgan fingerprint density at radius 3 is 2.45 bits per heavy atom. The third-order valence-electron chi connectivity index (χ3n) is 4.38. The molecule has 0 radical (unpaired) electrons. The van der Waals surface area contributed by atoms with E-state index in [1.54, 1.807) is 39.0 Å². The molecule has 1 heterocycles. The summed E-state index contributed by atoms with van der Waals surface area (Å²) in [7, 11) is -3.78. The predicted octanol–water partition coefficient (Wildman–Crippen LogP) is 3.61. The molecule has 3 rings (SSSR count). The van der Waals surface area contributed by atoms with Gasteiger partial charge in [-0.1, -0.05) is 42.5 Å². The van der Waals surface area contributed by atoms with Crippen LogP contribution in [0.3, 0.4) is 0 Å². The Hall–Kier alpha value is -2.58. The highest BCUT2D eigenvalue weighted by molar-refractivity contribution is 7.90. The quantitative estimate of drug-likeness (QED) is 0.778. The van der Waals surface area contributed by atoms with E-state index in [0.717, 1.165) is 11.1 Å². The highest BCUT2D eigenvalue weighted by atomic mass is 32.2. The van der Waals surface area contributed by atoms with E-state index in [2.05, 4.69) is 9.44 Å². The van der Waals surface area contributed by atoms with Gasteiger partial charge in [0.1, 0.15) is 5.60 Å². The SMILES string of the molecule is CC(C)(C)OC(=O)N1CCC(NS(=O)(=O)Nc2cccc(-c3ccccc3)c2)C1. The summed E-state index contributed by atoms with van der Waals surface area (Å²) in [6, 6.07) is 16.6. The van der Waals surface area contributed by atoms with Gasteiger partial charge < -0.3 is 9.64 Å². The third kappa shape index (κ3) is 6.20. The van der Waals surface area contributed by atoms with E-state index in [0.29, 0.717) is 18.7 Å². The molecule has 0 spiro atoms. The van der Waals surface area contributed by atoms with Crippen molar-refractivity contribution in [3.05, 3.63) is 54.6 Å². The van der Waals surface area contributed by atoms with E-state index >= 15 is 0 Å². The van der Waals surface area contributed by atoms with E-state index in [-0.39, 0.29) is 12.6 Å². The Morgan fingerprint density at radius 1 is 1.07 bits per heavy atom. The lowest BCUT2D eigenvalue weighted by Gasteiger charge is -2.24. The molecule has 0 bridgehead atoms. The summed E-state index contributed by atoms with van der Waals surface area (Å²) in [5.41, 5.74) is 1.81. The van der Waals surface area contributed by atoms with Crippen LogP contribution >= 0.6 is 0 Å². The van der Waals surface area contributed by atoms with Crippen LogP contribution in [0.1, 0.15) is 27.2 Å². The lowest BCUT2D eigenvalue weighted by Crippen LogP contribution is -2.42. The van der Waals surface area contributed by atoms with Crippen molar-refractivity contribution in [1.82, 2.24) is 9.62 Å². The first kappa shape index (κ1) is 21.1. The highest BCUT2D eigenvalue weighted by Crippen LogP contribution is 2.23. The van der Waals surface area contributed by atoms with Crippen LogP contribution in [0.5, 0.6) is 0 Å². The fourth-order valence-corrected chi connectivity index (χ4v) is 4.27. The fraction of sp³-hybridized carbons (Fsp3) is 0.381. The van der Waals surface area contributed by atoms with Crippen molar-refractivity contribution >= 4 is 22.0 Å². The van der Waals surface area contributed by atoms with Gasteiger partial charge in [0.15, 0.2) is 0 Å². The third-order valence-corrected chi connectivity index (χ3v) is 5.53. The minimum Gasteiger partial charge on any atom is -0.444 e. The summed E-state index contributed by atoms with van der Waals surface area (Å²) in [5, 5.41) is 0. The second kappa shape index (κ2) is 8.42. The minimum absolute atomic E-state index is 0.278. The molecular weight excluding hydrogens is 390 g/mol. The van der Waals surface area contributed by atoms with Crippen LogP contribution in [0.25, 0.3) is 11.1 Å². The molecule has 29 heavy (non-hydrogen) atoms. The summed E-state index contributed by atoms with van der Waals surface area (Å²) >= 11 is 0. The molecule has 156 valence electrons. The maximum absolute atomic E-state index is 12.6. The van der Waals surface area contributed by atoms with Crippen LogP contribution in [-0.4, -0.2) is 44.1 Å². The van der Waals surface area contributed by atoms with Gasteiger partial charge >= 0.3 is 6.09 Å². The Labute approximate surface area is 172 Å². The molecule has 1 atom stereocenters. The average molecular weight is 418 g/mol.